The van der Waals surface area contributed by atoms with E-state index in [1.165, 1.54) is 55.3 Å². The molecule has 0 amide bonds. The van der Waals surface area contributed by atoms with E-state index in [-0.39, 0.29) is 47.2 Å². The van der Waals surface area contributed by atoms with Gasteiger partial charge < -0.3 is 9.97 Å². The number of hydrogen-bond donors (Lipinski definition) is 0. The van der Waals surface area contributed by atoms with E-state index in [2.05, 4.69) is 199 Å². The maximum atomic E-state index is 4.88. The summed E-state index contributed by atoms with van der Waals surface area (Å²) >= 11 is 0. The monoisotopic (exact) mass is 891 g/mol. The maximum Gasteiger partial charge on any atom is 0.0198 e. The van der Waals surface area contributed by atoms with E-state index in [0.29, 0.717) is 0 Å². The first kappa shape index (κ1) is 41.3. The first-order valence-corrected chi connectivity index (χ1v) is 19.2. The fraction of sp³-hybridized carbons (Fsp3) is 0.373. The predicted octanol–water partition coefficient (Wildman–Crippen LogP) is 13.7. The van der Waals surface area contributed by atoms with Crippen LogP contribution in [0.2, 0.25) is 0 Å². The Balaban J connectivity index is 0.000000230. The summed E-state index contributed by atoms with van der Waals surface area (Å²) in [5.74, 6) is 0. The topological polar surface area (TPSA) is 25.8 Å². The molecule has 7 rings (SSSR count). The summed E-state index contributed by atoms with van der Waals surface area (Å²) in [6.07, 6.45) is 3.93. The molecule has 1 aliphatic carbocycles. The van der Waals surface area contributed by atoms with E-state index in [0.717, 1.165) is 22.5 Å². The second kappa shape index (κ2) is 14.6. The molecule has 0 aliphatic heterocycles. The fourth-order valence-corrected chi connectivity index (χ4v) is 7.25. The molecule has 2 nitrogen and oxygen atoms in total. The van der Waals surface area contributed by atoms with Gasteiger partial charge in [0.05, 0.1) is 0 Å². The van der Waals surface area contributed by atoms with Gasteiger partial charge in [-0.2, -0.15) is 0 Å². The molecule has 54 heavy (non-hydrogen) atoms. The average molecular weight is 891 g/mol. The molecule has 0 fully saturated rings. The first-order valence-electron chi connectivity index (χ1n) is 19.2. The fourth-order valence-electron chi connectivity index (χ4n) is 7.25. The molecule has 0 saturated carbocycles. The number of benzene rings is 4. The van der Waals surface area contributed by atoms with Crippen molar-refractivity contribution >= 4 is 10.8 Å². The van der Waals surface area contributed by atoms with Crippen molar-refractivity contribution < 1.29 is 20.1 Å². The Morgan fingerprint density at radius 2 is 1.04 bits per heavy atom. The van der Waals surface area contributed by atoms with Crippen molar-refractivity contribution in [3.63, 3.8) is 0 Å². The molecule has 0 bridgehead atoms. The number of nitrogens with zero attached hydrogens (tertiary/aromatic N) is 2. The van der Waals surface area contributed by atoms with E-state index in [1.807, 2.05) is 12.4 Å². The van der Waals surface area contributed by atoms with Gasteiger partial charge in [-0.15, -0.1) is 70.8 Å². The number of rotatable bonds is 2. The zero-order valence-electron chi connectivity index (χ0n) is 35.0. The average Bonchev–Trinajstić information content (AvgIpc) is 3.31. The summed E-state index contributed by atoms with van der Waals surface area (Å²) in [4.78, 5) is 9.45. The van der Waals surface area contributed by atoms with E-state index in [4.69, 9.17) is 4.98 Å². The van der Waals surface area contributed by atoms with E-state index in [1.54, 1.807) is 0 Å². The van der Waals surface area contributed by atoms with Crippen LogP contribution in [0, 0.1) is 12.1 Å². The summed E-state index contributed by atoms with van der Waals surface area (Å²) in [5.41, 5.74) is 15.1. The van der Waals surface area contributed by atoms with Crippen LogP contribution in [0.3, 0.4) is 0 Å². The Morgan fingerprint density at radius 1 is 0.500 bits per heavy atom. The van der Waals surface area contributed by atoms with E-state index >= 15 is 0 Å². The molecule has 0 saturated heterocycles. The van der Waals surface area contributed by atoms with Gasteiger partial charge in [0.1, 0.15) is 0 Å². The van der Waals surface area contributed by atoms with Gasteiger partial charge in [-0.1, -0.05) is 127 Å². The van der Waals surface area contributed by atoms with Crippen LogP contribution in [0.25, 0.3) is 44.4 Å². The Bertz CT molecular complexity index is 2190. The smallest absolute Gasteiger partial charge is 0.0198 e. The molecule has 1 radical (unpaired) electrons. The third-order valence-electron chi connectivity index (χ3n) is 10.9. The normalized spacial score (nSPS) is 13.7. The minimum absolute atomic E-state index is 0. The maximum absolute atomic E-state index is 4.88. The van der Waals surface area contributed by atoms with Crippen molar-refractivity contribution in [2.45, 2.75) is 124 Å². The molecular weight excluding hydrogens is 833 g/mol. The van der Waals surface area contributed by atoms with E-state index < -0.39 is 0 Å². The molecule has 0 N–H and O–H groups in total. The van der Waals surface area contributed by atoms with Crippen molar-refractivity contribution in [2.24, 2.45) is 0 Å². The van der Waals surface area contributed by atoms with Crippen LogP contribution in [0.4, 0.5) is 0 Å². The molecule has 283 valence electrons. The largest absolute Gasteiger partial charge is 0.304 e. The quantitative estimate of drug-likeness (QED) is 0.162. The Morgan fingerprint density at radius 3 is 1.54 bits per heavy atom. The van der Waals surface area contributed by atoms with Crippen LogP contribution in [0.5, 0.6) is 0 Å². The van der Waals surface area contributed by atoms with Gasteiger partial charge >= 0.3 is 0 Å². The van der Waals surface area contributed by atoms with Crippen molar-refractivity contribution in [1.29, 1.82) is 0 Å². The van der Waals surface area contributed by atoms with Gasteiger partial charge in [0.25, 0.3) is 0 Å². The summed E-state index contributed by atoms with van der Waals surface area (Å²) in [7, 11) is 0. The minimum Gasteiger partial charge on any atom is -0.304 e. The number of fused-ring (bicyclic) bond motifs is 4. The minimum atomic E-state index is -0.123. The zero-order valence-corrected chi connectivity index (χ0v) is 37.4. The van der Waals surface area contributed by atoms with Gasteiger partial charge in [0, 0.05) is 37.9 Å². The summed E-state index contributed by atoms with van der Waals surface area (Å²) in [6, 6.07) is 38.0. The molecule has 2 aromatic heterocycles. The molecular formula is C51H58IrN2-2. The van der Waals surface area contributed by atoms with Crippen molar-refractivity contribution in [3.8, 4) is 33.6 Å². The molecule has 0 unspecified atom stereocenters. The predicted molar refractivity (Wildman–Crippen MR) is 227 cm³/mol. The number of pyridine rings is 2. The molecule has 6 aromatic rings. The summed E-state index contributed by atoms with van der Waals surface area (Å²) in [6.45, 7) is 31.5. The van der Waals surface area contributed by atoms with Crippen molar-refractivity contribution in [2.75, 3.05) is 0 Å². The Hall–Kier alpha value is -3.91. The standard InChI is InChI=1S/C32H34N.C19H24N.Ir/c1-30(2,3)23-12-9-20(10-13-23)29-28-25(15-16-33-29)26-18-22-17-24(31(4,5)6)14-11-21(22)19-27(26)32(28,7)8;1-18(2,3)15-9-7-14(8-10-15)17-12-11-16(13-20-17)19(4,5)6;/h9,11-19H,1-8H3;7,9-13H,1-6H3;/q2*-1;. The summed E-state index contributed by atoms with van der Waals surface area (Å²) < 4.78 is 0. The second-order valence-corrected chi connectivity index (χ2v) is 19.6. The molecule has 0 spiro atoms. The Kier molecular flexibility index (Phi) is 11.2. The van der Waals surface area contributed by atoms with Gasteiger partial charge in [-0.3, -0.25) is 0 Å². The van der Waals surface area contributed by atoms with E-state index in [9.17, 15) is 0 Å². The van der Waals surface area contributed by atoms with Crippen molar-refractivity contribution in [1.82, 2.24) is 9.97 Å². The van der Waals surface area contributed by atoms with Crippen LogP contribution in [0.15, 0.2) is 97.3 Å². The van der Waals surface area contributed by atoms with Gasteiger partial charge in [0.15, 0.2) is 0 Å². The van der Waals surface area contributed by atoms with Gasteiger partial charge in [-0.05, 0) is 95.4 Å². The van der Waals surface area contributed by atoms with Gasteiger partial charge in [0.2, 0.25) is 0 Å². The molecule has 3 heteroatoms. The van der Waals surface area contributed by atoms with Crippen LogP contribution < -0.4 is 0 Å². The van der Waals surface area contributed by atoms with Crippen LogP contribution in [0.1, 0.15) is 130 Å². The zero-order chi connectivity index (χ0) is 38.7. The molecule has 2 heterocycles. The van der Waals surface area contributed by atoms with Crippen LogP contribution in [-0.4, -0.2) is 9.97 Å². The number of aromatic nitrogens is 2. The Labute approximate surface area is 339 Å². The van der Waals surface area contributed by atoms with Crippen LogP contribution in [-0.2, 0) is 47.2 Å². The second-order valence-electron chi connectivity index (χ2n) is 19.6. The third-order valence-corrected chi connectivity index (χ3v) is 10.9. The van der Waals surface area contributed by atoms with Gasteiger partial charge in [-0.25, -0.2) is 0 Å². The SMILES string of the molecule is CC(C)(C)c1c[c-]c(-c2ccc(C(C)(C)C)cn2)cc1.CC(C)(C)c1c[c-]c(-c2nccc3c2C(C)(C)c2cc4ccc(C(C)(C)C)cc4cc2-3)cc1.[Ir]. The number of hydrogen-bond acceptors (Lipinski definition) is 2. The molecule has 0 atom stereocenters. The third kappa shape index (κ3) is 8.34. The first-order chi connectivity index (χ1) is 24.5. The molecule has 1 aliphatic rings. The summed E-state index contributed by atoms with van der Waals surface area (Å²) in [5, 5.41) is 2.61. The van der Waals surface area contributed by atoms with Crippen LogP contribution >= 0.6 is 0 Å². The molecule has 4 aromatic carbocycles. The van der Waals surface area contributed by atoms with Crippen molar-refractivity contribution in [3.05, 3.63) is 143 Å².